The van der Waals surface area contributed by atoms with E-state index in [1.165, 1.54) is 48.5 Å². The van der Waals surface area contributed by atoms with Gasteiger partial charge in [0.15, 0.2) is 0 Å². The Labute approximate surface area is 680 Å². The molecule has 0 saturated carbocycles. The van der Waals surface area contributed by atoms with E-state index in [0.29, 0.717) is 88.3 Å². The second-order valence-electron chi connectivity index (χ2n) is 26.6. The molecule has 0 spiro atoms. The molecule has 4 heterocycles. The number of rotatable bonds is 30. The Morgan fingerprint density at radius 2 is 0.577 bits per heavy atom. The Hall–Kier alpha value is -8.84. The molecule has 19 nitrogen and oxygen atoms in total. The summed E-state index contributed by atoms with van der Waals surface area (Å²) in [6, 6.07) is 63.3. The Bertz CT molecular complexity index is 5460. The number of aromatic nitrogens is 4. The van der Waals surface area contributed by atoms with Crippen molar-refractivity contribution >= 4 is 104 Å². The van der Waals surface area contributed by atoms with Crippen LogP contribution in [0.2, 0.25) is 0 Å². The van der Waals surface area contributed by atoms with Crippen LogP contribution in [-0.2, 0) is 98.3 Å². The first kappa shape index (κ1) is 80.2. The SMILES string of the molecule is O=S(=O)(Oc1c2cccc1Cc1cc(C(O)CN(CCc3ccccn3)CCc3ccccn3)cc(c1OS(=O)(=O)c1ccc(Br)cc1)Cc1cccc(c1OS(=O)(=O)c1ccc(Br)cc1)Cc1cc(CCN(CCc3ccccn3)CCc3ccccn3)cc(c1OS(=O)(=O)c1ccc(Br)cc1)C2)c1ccc(Br)cc1. The quantitative estimate of drug-likeness (QED) is 0.0411. The van der Waals surface area contributed by atoms with E-state index in [0.717, 1.165) is 22.8 Å². The van der Waals surface area contributed by atoms with Crippen LogP contribution in [0.4, 0.5) is 0 Å². The lowest BCUT2D eigenvalue weighted by Crippen LogP contribution is -2.33. The molecule has 12 aromatic rings. The van der Waals surface area contributed by atoms with Gasteiger partial charge in [-0.25, -0.2) is 0 Å². The van der Waals surface area contributed by atoms with Crippen LogP contribution in [0.25, 0.3) is 0 Å². The van der Waals surface area contributed by atoms with Gasteiger partial charge >= 0.3 is 40.5 Å². The molecule has 0 saturated heterocycles. The molecule has 0 amide bonds. The lowest BCUT2D eigenvalue weighted by Gasteiger charge is -2.27. The van der Waals surface area contributed by atoms with E-state index in [9.17, 15) is 5.11 Å². The molecule has 0 aliphatic heterocycles. The number of aliphatic hydroxyl groups excluding tert-OH is 1. The van der Waals surface area contributed by atoms with Crippen LogP contribution in [-0.4, -0.2) is 108 Å². The molecular weight excluding hydrogens is 1750 g/mol. The van der Waals surface area contributed by atoms with Crippen LogP contribution in [0.1, 0.15) is 84.5 Å². The lowest BCUT2D eigenvalue weighted by molar-refractivity contribution is 0.113. The minimum absolute atomic E-state index is 0.0243. The number of hydrogen-bond acceptors (Lipinski definition) is 19. The monoisotopic (exact) mass is 1820 g/mol. The third-order valence-corrected chi connectivity index (χ3v) is 25.9. The molecular formula is C84H74Br4N6O13S4. The molecule has 111 heavy (non-hydrogen) atoms. The van der Waals surface area contributed by atoms with Gasteiger partial charge in [0, 0.05) is 201 Å². The summed E-state index contributed by atoms with van der Waals surface area (Å²) in [6.07, 6.45) is 6.93. The number of halogens is 4. The molecule has 27 heteroatoms. The molecule has 1 aliphatic carbocycles. The summed E-state index contributed by atoms with van der Waals surface area (Å²) in [6.45, 7) is 2.57. The number of para-hydroxylation sites is 2. The molecule has 0 radical (unpaired) electrons. The number of benzene rings is 8. The number of pyridine rings is 4. The maximum absolute atomic E-state index is 15.2. The van der Waals surface area contributed by atoms with Crippen LogP contribution in [0, 0.1) is 0 Å². The average molecular weight is 1820 g/mol. The zero-order valence-corrected chi connectivity index (χ0v) is 69.2. The fourth-order valence-electron chi connectivity index (χ4n) is 13.1. The summed E-state index contributed by atoms with van der Waals surface area (Å²) in [5, 5.41) is 13.1. The van der Waals surface area contributed by atoms with Crippen molar-refractivity contribution < 1.29 is 55.5 Å². The van der Waals surface area contributed by atoms with Gasteiger partial charge in [-0.15, -0.1) is 0 Å². The molecule has 8 bridgehead atoms. The summed E-state index contributed by atoms with van der Waals surface area (Å²) < 4.78 is 150. The maximum Gasteiger partial charge on any atom is 0.339 e. The van der Waals surface area contributed by atoms with Crippen LogP contribution in [0.15, 0.2) is 293 Å². The van der Waals surface area contributed by atoms with E-state index in [-0.39, 0.29) is 125 Å². The number of aliphatic hydroxyl groups is 1. The van der Waals surface area contributed by atoms with Gasteiger partial charge in [-0.05, 0) is 175 Å². The van der Waals surface area contributed by atoms with Gasteiger partial charge < -0.3 is 26.7 Å². The second-order valence-corrected chi connectivity index (χ2v) is 36.4. The van der Waals surface area contributed by atoms with E-state index >= 15 is 33.7 Å². The van der Waals surface area contributed by atoms with Gasteiger partial charge in [-0.1, -0.05) is 137 Å². The van der Waals surface area contributed by atoms with Crippen molar-refractivity contribution in [1.29, 1.82) is 0 Å². The zero-order valence-electron chi connectivity index (χ0n) is 59.6. The number of nitrogens with zero attached hydrogens (tertiary/aromatic N) is 6. The Kier molecular flexibility index (Phi) is 26.2. The predicted octanol–water partition coefficient (Wildman–Crippen LogP) is 16.2. The van der Waals surface area contributed by atoms with Gasteiger partial charge in [0.05, 0.1) is 6.10 Å². The third kappa shape index (κ3) is 21.3. The molecule has 1 aliphatic rings. The normalized spacial score (nSPS) is 12.9. The fourth-order valence-corrected chi connectivity index (χ4v) is 18.2. The first-order valence-corrected chi connectivity index (χ1v) is 44.3. The van der Waals surface area contributed by atoms with Crippen molar-refractivity contribution in [3.8, 4) is 23.0 Å². The summed E-state index contributed by atoms with van der Waals surface area (Å²) in [4.78, 5) is 22.0. The van der Waals surface area contributed by atoms with Gasteiger partial charge in [0.1, 0.15) is 42.6 Å². The smallest absolute Gasteiger partial charge is 0.339 e. The van der Waals surface area contributed by atoms with E-state index in [2.05, 4.69) is 93.5 Å². The highest BCUT2D eigenvalue weighted by atomic mass is 79.9. The Morgan fingerprint density at radius 1 is 0.315 bits per heavy atom. The van der Waals surface area contributed by atoms with Crippen LogP contribution in [0.5, 0.6) is 23.0 Å². The van der Waals surface area contributed by atoms with Crippen LogP contribution >= 0.6 is 63.7 Å². The van der Waals surface area contributed by atoms with E-state index < -0.39 is 46.6 Å². The second kappa shape index (κ2) is 36.3. The van der Waals surface area contributed by atoms with Gasteiger partial charge in [0.25, 0.3) is 0 Å². The van der Waals surface area contributed by atoms with Gasteiger partial charge in [0.2, 0.25) is 0 Å². The molecule has 0 fully saturated rings. The molecule has 13 rings (SSSR count). The van der Waals surface area contributed by atoms with Crippen molar-refractivity contribution in [1.82, 2.24) is 29.7 Å². The van der Waals surface area contributed by atoms with Crippen LogP contribution in [0.3, 0.4) is 0 Å². The van der Waals surface area contributed by atoms with Crippen molar-refractivity contribution in [2.75, 3.05) is 39.3 Å². The minimum Gasteiger partial charge on any atom is -0.387 e. The summed E-state index contributed by atoms with van der Waals surface area (Å²) in [7, 11) is -19.2. The van der Waals surface area contributed by atoms with Crippen molar-refractivity contribution in [2.45, 2.75) is 83.5 Å². The summed E-state index contributed by atoms with van der Waals surface area (Å²) >= 11 is 13.7. The lowest BCUT2D eigenvalue weighted by atomic mass is 9.89. The maximum atomic E-state index is 15.2. The topological polar surface area (TPSA) is 252 Å². The first-order chi connectivity index (χ1) is 53.5. The number of hydrogen-bond donors (Lipinski definition) is 1. The van der Waals surface area contributed by atoms with Crippen LogP contribution < -0.4 is 16.7 Å². The molecule has 8 aromatic carbocycles. The Morgan fingerprint density at radius 3 is 0.856 bits per heavy atom. The average Bonchev–Trinajstić information content (AvgIpc) is 0.763. The highest BCUT2D eigenvalue weighted by molar-refractivity contribution is 9.11. The molecule has 1 N–H and O–H groups in total. The third-order valence-electron chi connectivity index (χ3n) is 18.8. The van der Waals surface area contributed by atoms with E-state index in [1.807, 2.05) is 84.9 Å². The summed E-state index contributed by atoms with van der Waals surface area (Å²) in [5.41, 5.74) is 5.94. The highest BCUT2D eigenvalue weighted by Crippen LogP contribution is 2.44. The largest absolute Gasteiger partial charge is 0.387 e. The first-order valence-electron chi connectivity index (χ1n) is 35.5. The van der Waals surface area contributed by atoms with E-state index in [1.54, 1.807) is 122 Å². The molecule has 1 unspecified atom stereocenters. The predicted molar refractivity (Wildman–Crippen MR) is 438 cm³/mol. The van der Waals surface area contributed by atoms with Gasteiger partial charge in [-0.2, -0.15) is 33.7 Å². The van der Waals surface area contributed by atoms with Crippen molar-refractivity contribution in [3.05, 3.63) is 352 Å². The molecule has 1 atom stereocenters. The van der Waals surface area contributed by atoms with Crippen molar-refractivity contribution in [3.63, 3.8) is 0 Å². The zero-order chi connectivity index (χ0) is 77.7. The fraction of sp³-hybridized carbons (Fsp3) is 0.190. The minimum atomic E-state index is -4.82. The molecule has 570 valence electrons. The van der Waals surface area contributed by atoms with E-state index in [4.69, 9.17) is 16.7 Å². The number of fused-ring (bicyclic) bond motifs is 8. The molecule has 4 aromatic heterocycles. The van der Waals surface area contributed by atoms with Gasteiger partial charge in [-0.3, -0.25) is 24.8 Å². The highest BCUT2D eigenvalue weighted by Gasteiger charge is 2.32. The summed E-state index contributed by atoms with van der Waals surface area (Å²) in [5.74, 6) is -0.776. The standard InChI is InChI=1S/C84H74Br4N6O13S4/c85-68-19-27-76(28-20-68)108(96,97)104-81-59-11-9-13-61(81)53-66-55-63(80(95)57-94(47-38-74-17-3-7-42-91-74)48-39-75-18-4-8-43-92-75)56-67(84(66)107-111(102,103)79-33-25-71(88)26-34-79)54-62-14-10-12-60(82(62)105-109(98,99)77-29-21-69(86)22-30-77)52-65-50-58(49-64(51-59)83(65)106-110(100,101)78-31-23-70(87)24-32-78)35-44-93(45-36-72-15-1-5-40-89-72)46-37-73-16-2-6-41-90-73/h1-34,40-43,49-50,55-56,80,95H,35-39,44-48,51-54,57H2. The Balaban J connectivity index is 1.04. The van der Waals surface area contributed by atoms with Crippen molar-refractivity contribution in [2.24, 2.45) is 0 Å².